The molecule has 2 aromatic rings. The van der Waals surface area contributed by atoms with E-state index in [1.54, 1.807) is 6.07 Å². The van der Waals surface area contributed by atoms with Gasteiger partial charge in [0, 0.05) is 54.0 Å². The lowest BCUT2D eigenvalue weighted by atomic mass is 10.1. The lowest BCUT2D eigenvalue weighted by Crippen LogP contribution is -2.49. The molecular formula is C20H27N3O3S2. The first-order chi connectivity index (χ1) is 13.3. The van der Waals surface area contributed by atoms with Crippen molar-refractivity contribution in [2.75, 3.05) is 32.7 Å². The fourth-order valence-corrected chi connectivity index (χ4v) is 6.91. The number of rotatable bonds is 6. The van der Waals surface area contributed by atoms with Gasteiger partial charge < -0.3 is 4.57 Å². The van der Waals surface area contributed by atoms with Crippen LogP contribution in [-0.4, -0.2) is 60.7 Å². The number of piperazine rings is 1. The van der Waals surface area contributed by atoms with Gasteiger partial charge in [-0.25, -0.2) is 8.42 Å². The number of ketones is 1. The van der Waals surface area contributed by atoms with Crippen LogP contribution in [-0.2, 0) is 10.0 Å². The molecule has 2 aromatic heterocycles. The Morgan fingerprint density at radius 1 is 1.11 bits per heavy atom. The van der Waals surface area contributed by atoms with Crippen molar-refractivity contribution >= 4 is 27.1 Å². The Morgan fingerprint density at radius 2 is 1.79 bits per heavy atom. The molecule has 28 heavy (non-hydrogen) atoms. The predicted octanol–water partition coefficient (Wildman–Crippen LogP) is 3.00. The number of hydrogen-bond acceptors (Lipinski definition) is 5. The molecule has 152 valence electrons. The van der Waals surface area contributed by atoms with Crippen molar-refractivity contribution in [2.45, 2.75) is 43.9 Å². The molecule has 2 fully saturated rings. The molecule has 0 aromatic carbocycles. The fourth-order valence-electron chi connectivity index (χ4n) is 4.05. The molecule has 0 bridgehead atoms. The first-order valence-electron chi connectivity index (χ1n) is 9.78. The summed E-state index contributed by atoms with van der Waals surface area (Å²) < 4.78 is 29.7. The molecular weight excluding hydrogens is 394 g/mol. The van der Waals surface area contributed by atoms with E-state index in [9.17, 15) is 13.2 Å². The molecule has 1 aliphatic heterocycles. The highest BCUT2D eigenvalue weighted by Gasteiger charge is 2.31. The Morgan fingerprint density at radius 3 is 2.36 bits per heavy atom. The van der Waals surface area contributed by atoms with E-state index in [0.29, 0.717) is 43.0 Å². The van der Waals surface area contributed by atoms with Gasteiger partial charge in [-0.05, 0) is 51.8 Å². The summed E-state index contributed by atoms with van der Waals surface area (Å²) in [5, 5.41) is 0. The van der Waals surface area contributed by atoms with Gasteiger partial charge in [-0.2, -0.15) is 4.31 Å². The summed E-state index contributed by atoms with van der Waals surface area (Å²) in [5.41, 5.74) is 3.04. The van der Waals surface area contributed by atoms with Crippen LogP contribution in [0.15, 0.2) is 22.4 Å². The van der Waals surface area contributed by atoms with Gasteiger partial charge in [0.2, 0.25) is 0 Å². The van der Waals surface area contributed by atoms with Gasteiger partial charge in [-0.15, -0.1) is 11.3 Å². The second-order valence-corrected chi connectivity index (χ2v) is 11.3. The van der Waals surface area contributed by atoms with Crippen LogP contribution in [0.5, 0.6) is 0 Å². The van der Waals surface area contributed by atoms with Crippen molar-refractivity contribution in [3.63, 3.8) is 0 Å². The van der Waals surface area contributed by atoms with Gasteiger partial charge in [-0.1, -0.05) is 0 Å². The van der Waals surface area contributed by atoms with Crippen molar-refractivity contribution in [3.05, 3.63) is 40.0 Å². The van der Waals surface area contributed by atoms with Crippen LogP contribution in [0.4, 0.5) is 0 Å². The SMILES string of the molecule is Cc1ccc(S(=O)(=O)N2CCN(CC(=O)c3cc(C)n(C4CC4)c3C)CC2)s1. The third-order valence-electron chi connectivity index (χ3n) is 5.71. The standard InChI is InChI=1S/C20H27N3O3S2/c1-14-12-18(16(3)23(14)17-5-6-17)19(24)13-21-8-10-22(11-9-21)28(25,26)20-7-4-15(2)27-20/h4,7,12,17H,5-6,8-11,13H2,1-3H3. The lowest BCUT2D eigenvalue weighted by molar-refractivity contribution is 0.0901. The zero-order valence-electron chi connectivity index (χ0n) is 16.6. The van der Waals surface area contributed by atoms with E-state index < -0.39 is 10.0 Å². The summed E-state index contributed by atoms with van der Waals surface area (Å²) in [4.78, 5) is 15.9. The first-order valence-corrected chi connectivity index (χ1v) is 12.0. The second-order valence-electron chi connectivity index (χ2n) is 7.85. The van der Waals surface area contributed by atoms with Crippen molar-refractivity contribution in [3.8, 4) is 0 Å². The molecule has 0 N–H and O–H groups in total. The summed E-state index contributed by atoms with van der Waals surface area (Å²) in [6.45, 7) is 8.37. The van der Waals surface area contributed by atoms with Gasteiger partial charge in [0.15, 0.2) is 5.78 Å². The van der Waals surface area contributed by atoms with E-state index in [-0.39, 0.29) is 5.78 Å². The summed E-state index contributed by atoms with van der Waals surface area (Å²) in [6.07, 6.45) is 2.40. The molecule has 1 aliphatic carbocycles. The van der Waals surface area contributed by atoms with Crippen LogP contribution in [0, 0.1) is 20.8 Å². The fraction of sp³-hybridized carbons (Fsp3) is 0.550. The van der Waals surface area contributed by atoms with Crippen molar-refractivity contribution in [1.82, 2.24) is 13.8 Å². The molecule has 8 heteroatoms. The Kier molecular flexibility index (Phi) is 5.24. The molecule has 0 radical (unpaired) electrons. The number of aryl methyl sites for hydroxylation is 2. The van der Waals surface area contributed by atoms with Gasteiger partial charge >= 0.3 is 0 Å². The van der Waals surface area contributed by atoms with E-state index in [0.717, 1.165) is 21.8 Å². The highest BCUT2D eigenvalue weighted by Crippen LogP contribution is 2.38. The van der Waals surface area contributed by atoms with E-state index in [1.807, 2.05) is 26.0 Å². The summed E-state index contributed by atoms with van der Waals surface area (Å²) in [5.74, 6) is 0.130. The molecule has 0 atom stereocenters. The van der Waals surface area contributed by atoms with Crippen LogP contribution in [0.2, 0.25) is 0 Å². The van der Waals surface area contributed by atoms with Crippen LogP contribution < -0.4 is 0 Å². The number of aromatic nitrogens is 1. The van der Waals surface area contributed by atoms with Crippen molar-refractivity contribution in [2.24, 2.45) is 0 Å². The quantitative estimate of drug-likeness (QED) is 0.673. The zero-order chi connectivity index (χ0) is 20.1. The van der Waals surface area contributed by atoms with Crippen molar-refractivity contribution < 1.29 is 13.2 Å². The number of carbonyl (C=O) groups excluding carboxylic acids is 1. The number of nitrogens with zero attached hydrogens (tertiary/aromatic N) is 3. The Hall–Kier alpha value is -1.48. The summed E-state index contributed by atoms with van der Waals surface area (Å²) in [7, 11) is -3.42. The average Bonchev–Trinajstić information content (AvgIpc) is 3.30. The minimum atomic E-state index is -3.42. The number of carbonyl (C=O) groups is 1. The first kappa shape index (κ1) is 19.8. The molecule has 3 heterocycles. The Bertz CT molecular complexity index is 994. The smallest absolute Gasteiger partial charge is 0.252 e. The normalized spacial score (nSPS) is 19.2. The minimum Gasteiger partial charge on any atom is -0.345 e. The van der Waals surface area contributed by atoms with Crippen LogP contribution in [0.25, 0.3) is 0 Å². The largest absolute Gasteiger partial charge is 0.345 e. The number of sulfonamides is 1. The lowest BCUT2D eigenvalue weighted by Gasteiger charge is -2.33. The summed E-state index contributed by atoms with van der Waals surface area (Å²) >= 11 is 1.31. The van der Waals surface area contributed by atoms with Gasteiger partial charge in [0.1, 0.15) is 4.21 Å². The molecule has 6 nitrogen and oxygen atoms in total. The number of thiophene rings is 1. The third kappa shape index (κ3) is 3.70. The summed E-state index contributed by atoms with van der Waals surface area (Å²) in [6, 6.07) is 6.09. The molecule has 2 aliphatic rings. The molecule has 0 amide bonds. The molecule has 1 saturated heterocycles. The molecule has 1 saturated carbocycles. The van der Waals surface area contributed by atoms with Crippen LogP contribution in [0.1, 0.15) is 45.5 Å². The zero-order valence-corrected chi connectivity index (χ0v) is 18.3. The highest BCUT2D eigenvalue weighted by molar-refractivity contribution is 7.91. The van der Waals surface area contributed by atoms with Crippen LogP contribution in [0.3, 0.4) is 0 Å². The maximum Gasteiger partial charge on any atom is 0.252 e. The maximum absolute atomic E-state index is 12.9. The number of hydrogen-bond donors (Lipinski definition) is 0. The van der Waals surface area contributed by atoms with Crippen LogP contribution >= 0.6 is 11.3 Å². The predicted molar refractivity (Wildman–Crippen MR) is 111 cm³/mol. The monoisotopic (exact) mass is 421 g/mol. The van der Waals surface area contributed by atoms with Gasteiger partial charge in [-0.3, -0.25) is 9.69 Å². The number of Topliss-reactive ketones (excluding diaryl/α,β-unsaturated/α-hetero) is 1. The minimum absolute atomic E-state index is 0.130. The third-order valence-corrected chi connectivity index (χ3v) is 9.07. The molecule has 0 spiro atoms. The van der Waals surface area contributed by atoms with E-state index in [4.69, 9.17) is 0 Å². The topological polar surface area (TPSA) is 62.6 Å². The Labute approximate surface area is 170 Å². The van der Waals surface area contributed by atoms with Gasteiger partial charge in [0.25, 0.3) is 10.0 Å². The average molecular weight is 422 g/mol. The second kappa shape index (κ2) is 7.40. The van der Waals surface area contributed by atoms with E-state index >= 15 is 0 Å². The maximum atomic E-state index is 12.9. The van der Waals surface area contributed by atoms with E-state index in [2.05, 4.69) is 16.4 Å². The van der Waals surface area contributed by atoms with E-state index in [1.165, 1.54) is 28.5 Å². The Balaban J connectivity index is 1.38. The molecule has 4 rings (SSSR count). The van der Waals surface area contributed by atoms with Crippen molar-refractivity contribution in [1.29, 1.82) is 0 Å². The highest BCUT2D eigenvalue weighted by atomic mass is 32.2. The van der Waals surface area contributed by atoms with Gasteiger partial charge in [0.05, 0.1) is 6.54 Å². The molecule has 0 unspecified atom stereocenters.